The van der Waals surface area contributed by atoms with E-state index in [0.717, 1.165) is 50.2 Å². The Balaban J connectivity index is 1.55. The second-order valence-corrected chi connectivity index (χ2v) is 7.76. The first-order valence-electron chi connectivity index (χ1n) is 10.5. The van der Waals surface area contributed by atoms with Crippen molar-refractivity contribution < 1.29 is 22.6 Å². The van der Waals surface area contributed by atoms with E-state index in [2.05, 4.69) is 20.0 Å². The zero-order valence-corrected chi connectivity index (χ0v) is 18.2. The van der Waals surface area contributed by atoms with Crippen LogP contribution >= 0.6 is 0 Å². The van der Waals surface area contributed by atoms with E-state index < -0.39 is 17.8 Å². The fourth-order valence-electron chi connectivity index (χ4n) is 3.72. The first-order chi connectivity index (χ1) is 15.8. The summed E-state index contributed by atoms with van der Waals surface area (Å²) in [4.78, 5) is 9.59. The molecule has 1 aliphatic rings. The Hall–Kier alpha value is -3.18. The summed E-state index contributed by atoms with van der Waals surface area (Å²) < 4.78 is 52.6. The molecule has 1 aromatic carbocycles. The molecule has 1 aliphatic heterocycles. The molecule has 1 fully saturated rings. The fraction of sp³-hybridized carbons (Fsp3) is 0.409. The van der Waals surface area contributed by atoms with E-state index in [1.165, 1.54) is 4.68 Å². The third-order valence-electron chi connectivity index (χ3n) is 5.30. The van der Waals surface area contributed by atoms with E-state index in [0.29, 0.717) is 24.3 Å². The first kappa shape index (κ1) is 23.0. The first-order valence-corrected chi connectivity index (χ1v) is 10.5. The minimum absolute atomic E-state index is 0.0242. The molecule has 176 valence electrons. The van der Waals surface area contributed by atoms with Crippen molar-refractivity contribution in [2.24, 2.45) is 7.05 Å². The van der Waals surface area contributed by atoms with Crippen LogP contribution in [0.4, 0.5) is 19.1 Å². The number of halogens is 3. The van der Waals surface area contributed by atoms with Crippen LogP contribution in [0.1, 0.15) is 16.8 Å². The van der Waals surface area contributed by atoms with Crippen molar-refractivity contribution in [2.45, 2.75) is 12.6 Å². The van der Waals surface area contributed by atoms with Gasteiger partial charge in [-0.3, -0.25) is 9.58 Å². The Morgan fingerprint density at radius 1 is 1.12 bits per heavy atom. The molecule has 8 nitrogen and oxygen atoms in total. The number of para-hydroxylation sites is 1. The predicted octanol–water partition coefficient (Wildman–Crippen LogP) is 2.78. The van der Waals surface area contributed by atoms with Crippen LogP contribution in [0.2, 0.25) is 0 Å². The van der Waals surface area contributed by atoms with E-state index in [1.54, 1.807) is 13.2 Å². The summed E-state index contributed by atoms with van der Waals surface area (Å²) in [5, 5.41) is 4.34. The molecule has 0 amide bonds. The molecular weight excluding hydrogens is 437 g/mol. The molecule has 0 aliphatic carbocycles. The van der Waals surface area contributed by atoms with E-state index in [4.69, 9.17) is 15.2 Å². The molecule has 33 heavy (non-hydrogen) atoms. The number of hydrogen-bond donors (Lipinski definition) is 1. The summed E-state index contributed by atoms with van der Waals surface area (Å²) >= 11 is 0. The highest BCUT2D eigenvalue weighted by Crippen LogP contribution is 2.32. The maximum absolute atomic E-state index is 13.2. The summed E-state index contributed by atoms with van der Waals surface area (Å²) in [6, 6.07) is 8.46. The highest BCUT2D eigenvalue weighted by molar-refractivity contribution is 5.61. The molecule has 1 saturated heterocycles. The van der Waals surface area contributed by atoms with Gasteiger partial charge in [-0.15, -0.1) is 0 Å². The van der Waals surface area contributed by atoms with E-state index in [9.17, 15) is 13.2 Å². The van der Waals surface area contributed by atoms with Crippen molar-refractivity contribution >= 4 is 5.95 Å². The van der Waals surface area contributed by atoms with Crippen molar-refractivity contribution in [3.8, 4) is 17.1 Å². The highest BCUT2D eigenvalue weighted by atomic mass is 19.4. The normalized spacial score (nSPS) is 15.0. The van der Waals surface area contributed by atoms with E-state index >= 15 is 0 Å². The van der Waals surface area contributed by atoms with Gasteiger partial charge in [0.15, 0.2) is 5.69 Å². The number of ether oxygens (including phenoxy) is 2. The number of aryl methyl sites for hydroxylation is 1. The highest BCUT2D eigenvalue weighted by Gasteiger charge is 2.34. The maximum atomic E-state index is 13.2. The van der Waals surface area contributed by atoms with Crippen molar-refractivity contribution in [3.05, 3.63) is 53.3 Å². The Kier molecular flexibility index (Phi) is 6.80. The lowest BCUT2D eigenvalue weighted by Gasteiger charge is -2.26. The van der Waals surface area contributed by atoms with Crippen LogP contribution in [-0.4, -0.2) is 64.1 Å². The summed E-state index contributed by atoms with van der Waals surface area (Å²) in [5.41, 5.74) is 6.39. The minimum atomic E-state index is -4.64. The largest absolute Gasteiger partial charge is 0.492 e. The van der Waals surface area contributed by atoms with Gasteiger partial charge >= 0.3 is 6.18 Å². The van der Waals surface area contributed by atoms with Gasteiger partial charge in [0, 0.05) is 44.9 Å². The zero-order valence-electron chi connectivity index (χ0n) is 18.2. The van der Waals surface area contributed by atoms with Crippen LogP contribution in [0, 0.1) is 0 Å². The lowest BCUT2D eigenvalue weighted by Crippen LogP contribution is -2.38. The molecule has 11 heteroatoms. The average molecular weight is 462 g/mol. The average Bonchev–Trinajstić information content (AvgIpc) is 3.15. The summed E-state index contributed by atoms with van der Waals surface area (Å²) in [6.45, 7) is 4.52. The van der Waals surface area contributed by atoms with E-state index in [-0.39, 0.29) is 5.69 Å². The molecule has 0 spiro atoms. The number of anilines is 1. The summed E-state index contributed by atoms with van der Waals surface area (Å²) in [5.74, 6) is 0.266. The number of rotatable bonds is 7. The quantitative estimate of drug-likeness (QED) is 0.577. The molecule has 0 unspecified atom stereocenters. The molecule has 2 N–H and O–H groups in total. The molecule has 0 radical (unpaired) electrons. The number of nitrogens with two attached hydrogens (primary N) is 1. The van der Waals surface area contributed by atoms with Crippen molar-refractivity contribution in [1.82, 2.24) is 24.6 Å². The van der Waals surface area contributed by atoms with Crippen LogP contribution in [-0.2, 0) is 24.4 Å². The number of nitrogens with zero attached hydrogens (tertiary/aromatic N) is 5. The molecule has 3 aromatic rings. The van der Waals surface area contributed by atoms with Gasteiger partial charge in [0.25, 0.3) is 0 Å². The number of nitrogen functional groups attached to an aromatic ring is 1. The number of morpholine rings is 1. The lowest BCUT2D eigenvalue weighted by molar-refractivity contribution is -0.141. The third kappa shape index (κ3) is 5.79. The number of alkyl halides is 3. The summed E-state index contributed by atoms with van der Waals surface area (Å²) in [6.07, 6.45) is -2.48. The second-order valence-electron chi connectivity index (χ2n) is 7.76. The van der Waals surface area contributed by atoms with Crippen molar-refractivity contribution in [1.29, 1.82) is 0 Å². The monoisotopic (exact) mass is 462 g/mol. The Labute approximate surface area is 189 Å². The van der Waals surface area contributed by atoms with Crippen LogP contribution < -0.4 is 10.5 Å². The topological polar surface area (TPSA) is 91.3 Å². The zero-order chi connectivity index (χ0) is 23.4. The van der Waals surface area contributed by atoms with Gasteiger partial charge in [0.2, 0.25) is 5.95 Å². The molecule has 0 bridgehead atoms. The van der Waals surface area contributed by atoms with Crippen LogP contribution in [0.3, 0.4) is 0 Å². The van der Waals surface area contributed by atoms with Gasteiger partial charge in [0.05, 0.1) is 18.9 Å². The molecule has 2 aromatic heterocycles. The number of hydrogen-bond acceptors (Lipinski definition) is 7. The van der Waals surface area contributed by atoms with Crippen LogP contribution in [0.5, 0.6) is 5.75 Å². The number of aromatic nitrogens is 4. The smallest absolute Gasteiger partial charge is 0.433 e. The van der Waals surface area contributed by atoms with E-state index in [1.807, 2.05) is 24.3 Å². The molecule has 0 atom stereocenters. The molecule has 4 rings (SSSR count). The standard InChI is InChI=1S/C22H25F3N6O2/c1-30-14-16(20(29-30)17-13-19(22(23,24)25)28-21(26)27-17)12-15-4-2-3-5-18(15)33-11-8-31-6-9-32-10-7-31/h2-5,13-14H,6-12H2,1H3,(H2,26,27,28). The van der Waals surface area contributed by atoms with Gasteiger partial charge in [-0.1, -0.05) is 18.2 Å². The van der Waals surface area contributed by atoms with Gasteiger partial charge in [0.1, 0.15) is 18.1 Å². The van der Waals surface area contributed by atoms with Gasteiger partial charge < -0.3 is 15.2 Å². The molecule has 0 saturated carbocycles. The minimum Gasteiger partial charge on any atom is -0.492 e. The molecular formula is C22H25F3N6O2. The SMILES string of the molecule is Cn1cc(Cc2ccccc2OCCN2CCOCC2)c(-c2cc(C(F)(F)F)nc(N)n2)n1. The predicted molar refractivity (Wildman–Crippen MR) is 116 cm³/mol. The van der Waals surface area contributed by atoms with Gasteiger partial charge in [-0.25, -0.2) is 9.97 Å². The number of benzene rings is 1. The van der Waals surface area contributed by atoms with Crippen LogP contribution in [0.25, 0.3) is 11.4 Å². The fourth-order valence-corrected chi connectivity index (χ4v) is 3.72. The Bertz CT molecular complexity index is 1100. The van der Waals surface area contributed by atoms with Crippen LogP contribution in [0.15, 0.2) is 36.5 Å². The maximum Gasteiger partial charge on any atom is 0.433 e. The van der Waals surface area contributed by atoms with Crippen molar-refractivity contribution in [3.63, 3.8) is 0 Å². The third-order valence-corrected chi connectivity index (χ3v) is 5.30. The molecule has 3 heterocycles. The van der Waals surface area contributed by atoms with Crippen molar-refractivity contribution in [2.75, 3.05) is 45.2 Å². The van der Waals surface area contributed by atoms with Gasteiger partial charge in [-0.2, -0.15) is 18.3 Å². The van der Waals surface area contributed by atoms with Gasteiger partial charge in [-0.05, 0) is 17.7 Å². The summed E-state index contributed by atoms with van der Waals surface area (Å²) in [7, 11) is 1.70. The Morgan fingerprint density at radius 2 is 1.88 bits per heavy atom. The second kappa shape index (κ2) is 9.75. The lowest BCUT2D eigenvalue weighted by atomic mass is 10.0. The Morgan fingerprint density at radius 3 is 2.64 bits per heavy atom.